The summed E-state index contributed by atoms with van der Waals surface area (Å²) >= 11 is 5.70. The van der Waals surface area contributed by atoms with Crippen molar-refractivity contribution in [2.24, 2.45) is 5.92 Å². The van der Waals surface area contributed by atoms with Crippen LogP contribution < -0.4 is 0 Å². The lowest BCUT2D eigenvalue weighted by molar-refractivity contribution is 0.0640. The molecule has 1 saturated carbocycles. The van der Waals surface area contributed by atoms with Gasteiger partial charge in [-0.15, -0.1) is 0 Å². The Balaban J connectivity index is 1.96. The molecule has 0 bridgehead atoms. The standard InChI is InChI=1S/C12H15ClN2O2/c1-15(7-11(16)8-2-3-8)12(17)10-5-4-9(13)6-14-10/h4-6,8,11,16H,2-3,7H2,1H3. The van der Waals surface area contributed by atoms with Gasteiger partial charge in [-0.2, -0.15) is 0 Å². The first kappa shape index (κ1) is 12.3. The molecule has 0 saturated heterocycles. The van der Waals surface area contributed by atoms with Gasteiger partial charge in [0.2, 0.25) is 0 Å². The summed E-state index contributed by atoms with van der Waals surface area (Å²) in [5.74, 6) is 0.171. The molecule has 1 aliphatic rings. The first-order valence-corrected chi connectivity index (χ1v) is 6.01. The van der Waals surface area contributed by atoms with E-state index < -0.39 is 6.10 Å². The average molecular weight is 255 g/mol. The van der Waals surface area contributed by atoms with Crippen LogP contribution in [0.3, 0.4) is 0 Å². The third-order valence-electron chi connectivity index (χ3n) is 2.92. The number of pyridine rings is 1. The normalized spacial score (nSPS) is 16.6. The molecule has 1 N–H and O–H groups in total. The second-order valence-electron chi connectivity index (χ2n) is 4.45. The maximum absolute atomic E-state index is 11.9. The van der Waals surface area contributed by atoms with Crippen LogP contribution in [0.4, 0.5) is 0 Å². The molecule has 1 aromatic rings. The highest BCUT2D eigenvalue weighted by molar-refractivity contribution is 6.30. The Hall–Kier alpha value is -1.13. The maximum Gasteiger partial charge on any atom is 0.272 e. The molecule has 0 spiro atoms. The molecule has 1 fully saturated rings. The fourth-order valence-electron chi connectivity index (χ4n) is 1.69. The molecule has 0 aromatic carbocycles. The van der Waals surface area contributed by atoms with Gasteiger partial charge in [0.15, 0.2) is 0 Å². The quantitative estimate of drug-likeness (QED) is 0.888. The zero-order chi connectivity index (χ0) is 12.4. The molecule has 1 unspecified atom stereocenters. The molecule has 1 amide bonds. The molecule has 4 nitrogen and oxygen atoms in total. The number of aromatic nitrogens is 1. The Morgan fingerprint density at radius 1 is 1.65 bits per heavy atom. The van der Waals surface area contributed by atoms with Crippen LogP contribution in [-0.4, -0.2) is 40.6 Å². The van der Waals surface area contributed by atoms with Gasteiger partial charge >= 0.3 is 0 Å². The van der Waals surface area contributed by atoms with Crippen molar-refractivity contribution in [3.63, 3.8) is 0 Å². The fraction of sp³-hybridized carbons (Fsp3) is 0.500. The maximum atomic E-state index is 11.9. The van der Waals surface area contributed by atoms with Crippen LogP contribution in [-0.2, 0) is 0 Å². The zero-order valence-corrected chi connectivity index (χ0v) is 10.4. The summed E-state index contributed by atoms with van der Waals surface area (Å²) in [7, 11) is 1.67. The largest absolute Gasteiger partial charge is 0.391 e. The van der Waals surface area contributed by atoms with Gasteiger partial charge in [-0.05, 0) is 30.9 Å². The monoisotopic (exact) mass is 254 g/mol. The Labute approximate surface area is 105 Å². The van der Waals surface area contributed by atoms with Crippen LogP contribution in [0.5, 0.6) is 0 Å². The first-order valence-electron chi connectivity index (χ1n) is 5.63. The van der Waals surface area contributed by atoms with Crippen molar-refractivity contribution in [3.8, 4) is 0 Å². The van der Waals surface area contributed by atoms with E-state index in [4.69, 9.17) is 11.6 Å². The Kier molecular flexibility index (Phi) is 3.64. The highest BCUT2D eigenvalue weighted by Crippen LogP contribution is 2.32. The minimum atomic E-state index is -0.420. The number of carbonyl (C=O) groups excluding carboxylic acids is 1. The molecule has 1 aromatic heterocycles. The van der Waals surface area contributed by atoms with E-state index in [1.54, 1.807) is 19.2 Å². The summed E-state index contributed by atoms with van der Waals surface area (Å²) in [5.41, 5.74) is 0.347. The summed E-state index contributed by atoms with van der Waals surface area (Å²) in [4.78, 5) is 17.4. The minimum Gasteiger partial charge on any atom is -0.391 e. The fourth-order valence-corrected chi connectivity index (χ4v) is 1.80. The number of halogens is 1. The Bertz CT molecular complexity index is 403. The number of hydrogen-bond acceptors (Lipinski definition) is 3. The average Bonchev–Trinajstić information content (AvgIpc) is 3.12. The lowest BCUT2D eigenvalue weighted by Crippen LogP contribution is -2.35. The Morgan fingerprint density at radius 2 is 2.35 bits per heavy atom. The van der Waals surface area contributed by atoms with E-state index in [1.165, 1.54) is 11.1 Å². The van der Waals surface area contributed by atoms with E-state index in [0.717, 1.165) is 12.8 Å². The molecular weight excluding hydrogens is 240 g/mol. The van der Waals surface area contributed by atoms with E-state index in [2.05, 4.69) is 4.98 Å². The van der Waals surface area contributed by atoms with Crippen molar-refractivity contribution in [2.75, 3.05) is 13.6 Å². The highest BCUT2D eigenvalue weighted by atomic mass is 35.5. The van der Waals surface area contributed by atoms with Gasteiger partial charge in [-0.1, -0.05) is 11.6 Å². The second-order valence-corrected chi connectivity index (χ2v) is 4.89. The van der Waals surface area contributed by atoms with Gasteiger partial charge in [0, 0.05) is 19.8 Å². The molecule has 0 aliphatic heterocycles. The van der Waals surface area contributed by atoms with Gasteiger partial charge in [0.25, 0.3) is 5.91 Å². The lowest BCUT2D eigenvalue weighted by Gasteiger charge is -2.20. The number of rotatable bonds is 4. The SMILES string of the molecule is CN(CC(O)C1CC1)C(=O)c1ccc(Cl)cn1. The van der Waals surface area contributed by atoms with Crippen LogP contribution >= 0.6 is 11.6 Å². The number of aliphatic hydroxyl groups excluding tert-OH is 1. The molecule has 17 heavy (non-hydrogen) atoms. The first-order chi connectivity index (χ1) is 8.08. The number of carbonyl (C=O) groups is 1. The van der Waals surface area contributed by atoms with E-state index in [9.17, 15) is 9.90 Å². The molecule has 2 rings (SSSR count). The molecule has 5 heteroatoms. The van der Waals surface area contributed by atoms with Crippen molar-refractivity contribution in [1.29, 1.82) is 0 Å². The number of nitrogens with zero attached hydrogens (tertiary/aromatic N) is 2. The van der Waals surface area contributed by atoms with Crippen molar-refractivity contribution in [3.05, 3.63) is 29.0 Å². The summed E-state index contributed by atoms with van der Waals surface area (Å²) in [6.45, 7) is 0.355. The van der Waals surface area contributed by atoms with Gasteiger partial charge in [-0.3, -0.25) is 4.79 Å². The van der Waals surface area contributed by atoms with E-state index in [-0.39, 0.29) is 5.91 Å². The zero-order valence-electron chi connectivity index (χ0n) is 9.64. The molecule has 92 valence electrons. The second kappa shape index (κ2) is 5.02. The van der Waals surface area contributed by atoms with Crippen LogP contribution in [0.15, 0.2) is 18.3 Å². The molecule has 0 radical (unpaired) electrons. The number of aliphatic hydroxyl groups is 1. The Morgan fingerprint density at radius 3 is 2.88 bits per heavy atom. The van der Waals surface area contributed by atoms with Crippen molar-refractivity contribution >= 4 is 17.5 Å². The minimum absolute atomic E-state index is 0.193. The molecule has 1 heterocycles. The van der Waals surface area contributed by atoms with Gasteiger partial charge in [-0.25, -0.2) is 4.98 Å². The summed E-state index contributed by atoms with van der Waals surface area (Å²) in [6, 6.07) is 3.22. The lowest BCUT2D eigenvalue weighted by atomic mass is 10.2. The smallest absolute Gasteiger partial charge is 0.272 e. The van der Waals surface area contributed by atoms with Crippen LogP contribution in [0.1, 0.15) is 23.3 Å². The van der Waals surface area contributed by atoms with Crippen LogP contribution in [0.2, 0.25) is 5.02 Å². The molecule has 1 atom stereocenters. The number of likely N-dealkylation sites (N-methyl/N-ethyl adjacent to an activating group) is 1. The van der Waals surface area contributed by atoms with Crippen LogP contribution in [0.25, 0.3) is 0 Å². The van der Waals surface area contributed by atoms with Gasteiger partial charge < -0.3 is 10.0 Å². The van der Waals surface area contributed by atoms with Crippen molar-refractivity contribution in [1.82, 2.24) is 9.88 Å². The number of hydrogen-bond donors (Lipinski definition) is 1. The predicted octanol–water partition coefficient (Wildman–Crippen LogP) is 1.58. The molecule has 1 aliphatic carbocycles. The van der Waals surface area contributed by atoms with E-state index in [1.807, 2.05) is 0 Å². The van der Waals surface area contributed by atoms with Crippen molar-refractivity contribution < 1.29 is 9.90 Å². The van der Waals surface area contributed by atoms with Crippen LogP contribution in [0, 0.1) is 5.92 Å². The van der Waals surface area contributed by atoms with Crippen molar-refractivity contribution in [2.45, 2.75) is 18.9 Å². The predicted molar refractivity (Wildman–Crippen MR) is 64.9 cm³/mol. The topological polar surface area (TPSA) is 53.4 Å². The third kappa shape index (κ3) is 3.17. The van der Waals surface area contributed by atoms with Gasteiger partial charge in [0.1, 0.15) is 5.69 Å². The van der Waals surface area contributed by atoms with Gasteiger partial charge in [0.05, 0.1) is 11.1 Å². The highest BCUT2D eigenvalue weighted by Gasteiger charge is 2.31. The third-order valence-corrected chi connectivity index (χ3v) is 3.14. The summed E-state index contributed by atoms with van der Waals surface area (Å²) in [6.07, 6.45) is 3.14. The summed E-state index contributed by atoms with van der Waals surface area (Å²) < 4.78 is 0. The number of amides is 1. The summed E-state index contributed by atoms with van der Waals surface area (Å²) in [5, 5.41) is 10.3. The van der Waals surface area contributed by atoms with E-state index in [0.29, 0.717) is 23.2 Å². The van der Waals surface area contributed by atoms with E-state index >= 15 is 0 Å². The molecular formula is C12H15ClN2O2.